The van der Waals surface area contributed by atoms with Crippen molar-refractivity contribution in [2.24, 2.45) is 0 Å². The van der Waals surface area contributed by atoms with E-state index >= 15 is 0 Å². The van der Waals surface area contributed by atoms with Crippen molar-refractivity contribution in [3.8, 4) is 0 Å². The molecule has 2 aromatic rings. The van der Waals surface area contributed by atoms with Gasteiger partial charge >= 0.3 is 0 Å². The van der Waals surface area contributed by atoms with Crippen LogP contribution >= 0.6 is 24.2 Å². The van der Waals surface area contributed by atoms with Crippen molar-refractivity contribution in [2.45, 2.75) is 0 Å². The van der Waals surface area contributed by atoms with Gasteiger partial charge in [0.1, 0.15) is 5.52 Å². The zero-order chi connectivity index (χ0) is 9.26. The number of rotatable bonds is 2. The number of ketones is 1. The average Bonchev–Trinajstić information content (AvgIpc) is 2.63. The van der Waals surface area contributed by atoms with Crippen molar-refractivity contribution in [3.63, 3.8) is 0 Å². The molecule has 0 atom stereocenters. The van der Waals surface area contributed by atoms with Gasteiger partial charge in [0.2, 0.25) is 0 Å². The summed E-state index contributed by atoms with van der Waals surface area (Å²) in [7, 11) is 0. The van der Waals surface area contributed by atoms with Crippen molar-refractivity contribution >= 4 is 40.2 Å². The summed E-state index contributed by atoms with van der Waals surface area (Å²) >= 11 is 5.19. The molecule has 66 valence electrons. The fraction of sp³-hybridized carbons (Fsp3) is 0.125. The third-order valence-electron chi connectivity index (χ3n) is 1.72. The van der Waals surface area contributed by atoms with Gasteiger partial charge in [-0.1, -0.05) is 10.6 Å². The Morgan fingerprint density at radius 1 is 1.54 bits per heavy atom. The van der Waals surface area contributed by atoms with E-state index in [-0.39, 0.29) is 11.5 Å². The monoisotopic (exact) mass is 210 g/mol. The van der Waals surface area contributed by atoms with Crippen LogP contribution in [0.25, 0.3) is 10.2 Å². The Morgan fingerprint density at radius 2 is 2.38 bits per heavy atom. The largest absolute Gasteiger partial charge is 0.293 e. The van der Waals surface area contributed by atoms with E-state index in [1.807, 2.05) is 6.07 Å². The van der Waals surface area contributed by atoms with E-state index < -0.39 is 0 Å². The van der Waals surface area contributed by atoms with Crippen molar-refractivity contribution in [1.29, 1.82) is 0 Å². The number of nitrogens with zero attached hydrogens (tertiary/aromatic N) is 2. The quantitative estimate of drug-likeness (QED) is 0.607. The standard InChI is InChI=1S/C8H6N2OS2/c11-7(4-12)5-2-1-3-6-8(5)13-10-9-6/h1-3,12H,4H2. The number of carbonyl (C=O) groups is 1. The molecule has 0 aliphatic heterocycles. The third kappa shape index (κ3) is 1.45. The van der Waals surface area contributed by atoms with Crippen LogP contribution in [-0.4, -0.2) is 21.1 Å². The fourth-order valence-electron chi connectivity index (χ4n) is 1.11. The highest BCUT2D eigenvalue weighted by Gasteiger charge is 2.10. The minimum absolute atomic E-state index is 0.0139. The first-order chi connectivity index (χ1) is 6.33. The molecular weight excluding hydrogens is 204 g/mol. The molecule has 0 aliphatic carbocycles. The molecule has 0 fully saturated rings. The first kappa shape index (κ1) is 8.65. The summed E-state index contributed by atoms with van der Waals surface area (Å²) < 4.78 is 4.64. The van der Waals surface area contributed by atoms with Crippen LogP contribution in [0, 0.1) is 0 Å². The molecule has 0 bridgehead atoms. The number of benzene rings is 1. The van der Waals surface area contributed by atoms with E-state index in [1.165, 1.54) is 11.5 Å². The molecule has 0 unspecified atom stereocenters. The maximum Gasteiger partial charge on any atom is 0.174 e. The maximum absolute atomic E-state index is 11.4. The number of hydrogen-bond donors (Lipinski definition) is 1. The lowest BCUT2D eigenvalue weighted by atomic mass is 10.1. The summed E-state index contributed by atoms with van der Waals surface area (Å²) in [5.74, 6) is 0.233. The smallest absolute Gasteiger partial charge is 0.174 e. The van der Waals surface area contributed by atoms with Crippen LogP contribution in [0.4, 0.5) is 0 Å². The number of carbonyl (C=O) groups excluding carboxylic acids is 1. The van der Waals surface area contributed by atoms with E-state index in [1.54, 1.807) is 12.1 Å². The van der Waals surface area contributed by atoms with E-state index in [0.717, 1.165) is 10.2 Å². The number of aromatic nitrogens is 2. The zero-order valence-corrected chi connectivity index (χ0v) is 8.31. The zero-order valence-electron chi connectivity index (χ0n) is 6.60. The molecule has 0 saturated heterocycles. The van der Waals surface area contributed by atoms with Crippen molar-refractivity contribution in [1.82, 2.24) is 9.59 Å². The van der Waals surface area contributed by atoms with Gasteiger partial charge in [-0.25, -0.2) is 0 Å². The second-order valence-corrected chi connectivity index (χ2v) is 3.58. The number of hydrogen-bond acceptors (Lipinski definition) is 5. The molecule has 1 heterocycles. The Morgan fingerprint density at radius 3 is 3.15 bits per heavy atom. The predicted octanol–water partition coefficient (Wildman–Crippen LogP) is 1.80. The fourth-order valence-corrected chi connectivity index (χ4v) is 1.97. The van der Waals surface area contributed by atoms with Gasteiger partial charge in [0.05, 0.1) is 10.5 Å². The van der Waals surface area contributed by atoms with Gasteiger partial charge in [-0.2, -0.15) is 12.6 Å². The second-order valence-electron chi connectivity index (χ2n) is 2.51. The van der Waals surface area contributed by atoms with Gasteiger partial charge < -0.3 is 0 Å². The van der Waals surface area contributed by atoms with Crippen LogP contribution < -0.4 is 0 Å². The van der Waals surface area contributed by atoms with Crippen LogP contribution in [-0.2, 0) is 0 Å². The number of Topliss-reactive ketones (excluding diaryl/α,β-unsaturated/α-hetero) is 1. The lowest BCUT2D eigenvalue weighted by Gasteiger charge is -1.96. The van der Waals surface area contributed by atoms with Gasteiger partial charge in [-0.15, -0.1) is 5.10 Å². The molecule has 0 aliphatic rings. The Kier molecular flexibility index (Phi) is 2.28. The van der Waals surface area contributed by atoms with Crippen molar-refractivity contribution in [2.75, 3.05) is 5.75 Å². The van der Waals surface area contributed by atoms with Crippen LogP contribution in [0.5, 0.6) is 0 Å². The Balaban J connectivity index is 2.67. The lowest BCUT2D eigenvalue weighted by molar-refractivity contribution is 0.102. The van der Waals surface area contributed by atoms with E-state index in [9.17, 15) is 4.79 Å². The first-order valence-electron chi connectivity index (χ1n) is 3.68. The molecule has 13 heavy (non-hydrogen) atoms. The van der Waals surface area contributed by atoms with E-state index in [2.05, 4.69) is 22.2 Å². The summed E-state index contributed by atoms with van der Waals surface area (Å²) in [5, 5.41) is 3.89. The molecule has 1 aromatic carbocycles. The molecule has 0 amide bonds. The highest BCUT2D eigenvalue weighted by Crippen LogP contribution is 2.20. The lowest BCUT2D eigenvalue weighted by Crippen LogP contribution is -1.99. The molecule has 5 heteroatoms. The molecule has 0 N–H and O–H groups in total. The first-order valence-corrected chi connectivity index (χ1v) is 5.08. The highest BCUT2D eigenvalue weighted by molar-refractivity contribution is 7.81. The predicted molar refractivity (Wildman–Crippen MR) is 55.6 cm³/mol. The highest BCUT2D eigenvalue weighted by atomic mass is 32.1. The topological polar surface area (TPSA) is 42.9 Å². The minimum atomic E-state index is 0.0139. The minimum Gasteiger partial charge on any atom is -0.293 e. The van der Waals surface area contributed by atoms with Crippen LogP contribution in [0.2, 0.25) is 0 Å². The molecule has 2 rings (SSSR count). The average molecular weight is 210 g/mol. The van der Waals surface area contributed by atoms with Gasteiger partial charge in [0.15, 0.2) is 5.78 Å². The van der Waals surface area contributed by atoms with Crippen molar-refractivity contribution < 1.29 is 4.79 Å². The van der Waals surface area contributed by atoms with Crippen LogP contribution in [0.1, 0.15) is 10.4 Å². The summed E-state index contributed by atoms with van der Waals surface area (Å²) in [5.41, 5.74) is 1.44. The van der Waals surface area contributed by atoms with Gasteiger partial charge in [-0.3, -0.25) is 4.79 Å². The van der Waals surface area contributed by atoms with Gasteiger partial charge in [-0.05, 0) is 23.7 Å². The molecule has 0 saturated carbocycles. The van der Waals surface area contributed by atoms with Gasteiger partial charge in [0, 0.05) is 5.56 Å². The summed E-state index contributed by atoms with van der Waals surface area (Å²) in [6, 6.07) is 5.43. The number of thiol groups is 1. The summed E-state index contributed by atoms with van der Waals surface area (Å²) in [6.45, 7) is 0. The Hall–Kier alpha value is -0.940. The Bertz CT molecular complexity index is 452. The second kappa shape index (κ2) is 3.43. The molecular formula is C8H6N2OS2. The summed E-state index contributed by atoms with van der Waals surface area (Å²) in [4.78, 5) is 11.4. The molecule has 1 aromatic heterocycles. The summed E-state index contributed by atoms with van der Waals surface area (Å²) in [6.07, 6.45) is 0. The van der Waals surface area contributed by atoms with Crippen molar-refractivity contribution in [3.05, 3.63) is 23.8 Å². The van der Waals surface area contributed by atoms with Crippen LogP contribution in [0.3, 0.4) is 0 Å². The third-order valence-corrected chi connectivity index (χ3v) is 2.78. The van der Waals surface area contributed by atoms with Crippen LogP contribution in [0.15, 0.2) is 18.2 Å². The SMILES string of the molecule is O=C(CS)c1cccc2nnsc12. The van der Waals surface area contributed by atoms with Gasteiger partial charge in [0.25, 0.3) is 0 Å². The molecule has 3 nitrogen and oxygen atoms in total. The molecule has 0 spiro atoms. The normalized spacial score (nSPS) is 10.5. The van der Waals surface area contributed by atoms with E-state index in [0.29, 0.717) is 5.56 Å². The Labute approximate surface area is 84.3 Å². The maximum atomic E-state index is 11.4. The molecule has 0 radical (unpaired) electrons. The van der Waals surface area contributed by atoms with E-state index in [4.69, 9.17) is 0 Å². The number of fused-ring (bicyclic) bond motifs is 1.